The number of aromatic nitrogens is 3. The number of piperidine rings is 1. The molecule has 5 nitrogen and oxygen atoms in total. The van der Waals surface area contributed by atoms with Gasteiger partial charge in [0.25, 0.3) is 0 Å². The summed E-state index contributed by atoms with van der Waals surface area (Å²) in [4.78, 5) is 6.67. The lowest BCUT2D eigenvalue weighted by Gasteiger charge is -2.35. The Hall–Kier alpha value is -0.650. The highest BCUT2D eigenvalue weighted by Crippen LogP contribution is 2.24. The third-order valence-corrected chi connectivity index (χ3v) is 2.96. The van der Waals surface area contributed by atoms with Gasteiger partial charge in [-0.1, -0.05) is 0 Å². The molecule has 1 aliphatic rings. The topological polar surface area (TPSA) is 70.8 Å². The fourth-order valence-electron chi connectivity index (χ4n) is 2.41. The SMILES string of the molecule is CC(C)(N)CN1CCCC(c2ncn[nH]2)C1.Cl. The van der Waals surface area contributed by atoms with Gasteiger partial charge in [0.2, 0.25) is 0 Å². The minimum atomic E-state index is -0.122. The summed E-state index contributed by atoms with van der Waals surface area (Å²) in [6, 6.07) is 0. The Balaban J connectivity index is 0.00000144. The molecule has 1 fully saturated rings. The van der Waals surface area contributed by atoms with E-state index in [1.165, 1.54) is 12.8 Å². The Labute approximate surface area is 109 Å². The molecule has 2 heterocycles. The van der Waals surface area contributed by atoms with Gasteiger partial charge in [-0.3, -0.25) is 5.10 Å². The summed E-state index contributed by atoms with van der Waals surface area (Å²) in [5, 5.41) is 6.89. The Morgan fingerprint density at radius 3 is 2.94 bits per heavy atom. The van der Waals surface area contributed by atoms with Gasteiger partial charge in [-0.2, -0.15) is 5.10 Å². The molecule has 98 valence electrons. The van der Waals surface area contributed by atoms with E-state index in [0.29, 0.717) is 5.92 Å². The lowest BCUT2D eigenvalue weighted by Crippen LogP contribution is -2.48. The number of nitrogens with zero attached hydrogens (tertiary/aromatic N) is 3. The monoisotopic (exact) mass is 259 g/mol. The maximum Gasteiger partial charge on any atom is 0.137 e. The number of hydrogen-bond acceptors (Lipinski definition) is 4. The van der Waals surface area contributed by atoms with E-state index in [-0.39, 0.29) is 17.9 Å². The average Bonchev–Trinajstić information content (AvgIpc) is 2.68. The second-order valence-electron chi connectivity index (χ2n) is 5.43. The molecule has 0 aromatic carbocycles. The maximum absolute atomic E-state index is 6.05. The van der Waals surface area contributed by atoms with Gasteiger partial charge in [0, 0.05) is 24.5 Å². The summed E-state index contributed by atoms with van der Waals surface area (Å²) >= 11 is 0. The maximum atomic E-state index is 6.05. The Morgan fingerprint density at radius 1 is 1.59 bits per heavy atom. The Morgan fingerprint density at radius 2 is 2.35 bits per heavy atom. The molecular weight excluding hydrogens is 238 g/mol. The lowest BCUT2D eigenvalue weighted by atomic mass is 9.95. The largest absolute Gasteiger partial charge is 0.324 e. The average molecular weight is 260 g/mol. The van der Waals surface area contributed by atoms with Crippen LogP contribution < -0.4 is 5.73 Å². The molecule has 1 aliphatic heterocycles. The number of hydrogen-bond donors (Lipinski definition) is 2. The minimum absolute atomic E-state index is 0. The van der Waals surface area contributed by atoms with Crippen molar-refractivity contribution in [1.29, 1.82) is 0 Å². The summed E-state index contributed by atoms with van der Waals surface area (Å²) in [6.45, 7) is 7.27. The van der Waals surface area contributed by atoms with Crippen LogP contribution in [0, 0.1) is 0 Å². The number of rotatable bonds is 3. The number of nitrogens with two attached hydrogens (primary N) is 1. The molecule has 1 saturated heterocycles. The van der Waals surface area contributed by atoms with E-state index in [4.69, 9.17) is 5.73 Å². The molecule has 1 aromatic heterocycles. The predicted octanol–water partition coefficient (Wildman–Crippen LogP) is 1.14. The van der Waals surface area contributed by atoms with E-state index in [1.807, 2.05) is 0 Å². The van der Waals surface area contributed by atoms with Gasteiger partial charge < -0.3 is 10.6 Å². The van der Waals surface area contributed by atoms with Crippen molar-refractivity contribution < 1.29 is 0 Å². The molecule has 3 N–H and O–H groups in total. The van der Waals surface area contributed by atoms with E-state index in [9.17, 15) is 0 Å². The van der Waals surface area contributed by atoms with Crippen molar-refractivity contribution in [2.75, 3.05) is 19.6 Å². The van der Waals surface area contributed by atoms with Crippen molar-refractivity contribution in [1.82, 2.24) is 20.1 Å². The van der Waals surface area contributed by atoms with E-state index in [0.717, 1.165) is 25.5 Å². The molecular formula is C11H22ClN5. The van der Waals surface area contributed by atoms with Gasteiger partial charge in [0.05, 0.1) is 0 Å². The van der Waals surface area contributed by atoms with Gasteiger partial charge in [-0.25, -0.2) is 4.98 Å². The molecule has 2 rings (SSSR count). The molecule has 0 aliphatic carbocycles. The highest BCUT2D eigenvalue weighted by atomic mass is 35.5. The number of H-pyrrole nitrogens is 1. The standard InChI is InChI=1S/C11H21N5.ClH/c1-11(2,12)7-16-5-3-4-9(6-16)10-13-8-14-15-10;/h8-9H,3-7,12H2,1-2H3,(H,13,14,15);1H. The first kappa shape index (κ1) is 14.4. The highest BCUT2D eigenvalue weighted by Gasteiger charge is 2.26. The minimum Gasteiger partial charge on any atom is -0.324 e. The third kappa shape index (κ3) is 4.26. The first-order chi connectivity index (χ1) is 7.54. The molecule has 0 amide bonds. The van der Waals surface area contributed by atoms with Crippen LogP contribution in [0.5, 0.6) is 0 Å². The summed E-state index contributed by atoms with van der Waals surface area (Å²) in [7, 11) is 0. The van der Waals surface area contributed by atoms with Crippen molar-refractivity contribution in [3.8, 4) is 0 Å². The summed E-state index contributed by atoms with van der Waals surface area (Å²) in [6.07, 6.45) is 3.99. The van der Waals surface area contributed by atoms with Gasteiger partial charge >= 0.3 is 0 Å². The molecule has 0 radical (unpaired) electrons. The fourth-order valence-corrected chi connectivity index (χ4v) is 2.41. The smallest absolute Gasteiger partial charge is 0.137 e. The van der Waals surface area contributed by atoms with Crippen LogP contribution in [0.4, 0.5) is 0 Å². The first-order valence-electron chi connectivity index (χ1n) is 5.91. The molecule has 0 spiro atoms. The van der Waals surface area contributed by atoms with Crippen LogP contribution >= 0.6 is 12.4 Å². The first-order valence-corrected chi connectivity index (χ1v) is 5.91. The molecule has 0 saturated carbocycles. The second-order valence-corrected chi connectivity index (χ2v) is 5.43. The highest BCUT2D eigenvalue weighted by molar-refractivity contribution is 5.85. The summed E-state index contributed by atoms with van der Waals surface area (Å²) in [5.41, 5.74) is 5.93. The van der Waals surface area contributed by atoms with Crippen LogP contribution in [0.15, 0.2) is 6.33 Å². The lowest BCUT2D eigenvalue weighted by molar-refractivity contribution is 0.173. The number of halogens is 1. The van der Waals surface area contributed by atoms with Crippen molar-refractivity contribution >= 4 is 12.4 Å². The quantitative estimate of drug-likeness (QED) is 0.854. The molecule has 1 aromatic rings. The van der Waals surface area contributed by atoms with Crippen LogP contribution in [0.1, 0.15) is 38.4 Å². The van der Waals surface area contributed by atoms with Crippen LogP contribution in [0.2, 0.25) is 0 Å². The molecule has 17 heavy (non-hydrogen) atoms. The zero-order chi connectivity index (χ0) is 11.6. The number of nitrogens with one attached hydrogen (secondary N) is 1. The van der Waals surface area contributed by atoms with Crippen LogP contribution in [0.25, 0.3) is 0 Å². The van der Waals surface area contributed by atoms with Crippen molar-refractivity contribution in [3.05, 3.63) is 12.2 Å². The predicted molar refractivity (Wildman–Crippen MR) is 70.3 cm³/mol. The molecule has 6 heteroatoms. The van der Waals surface area contributed by atoms with Crippen molar-refractivity contribution in [2.45, 2.75) is 38.1 Å². The number of aromatic amines is 1. The summed E-state index contributed by atoms with van der Waals surface area (Å²) in [5.74, 6) is 1.50. The van der Waals surface area contributed by atoms with Gasteiger partial charge in [-0.05, 0) is 33.2 Å². The zero-order valence-electron chi connectivity index (χ0n) is 10.5. The van der Waals surface area contributed by atoms with Gasteiger partial charge in [0.15, 0.2) is 0 Å². The molecule has 0 bridgehead atoms. The van der Waals surface area contributed by atoms with E-state index < -0.39 is 0 Å². The Bertz CT molecular complexity index is 319. The van der Waals surface area contributed by atoms with Crippen molar-refractivity contribution in [2.24, 2.45) is 5.73 Å². The van der Waals surface area contributed by atoms with Gasteiger partial charge in [-0.15, -0.1) is 12.4 Å². The van der Waals surface area contributed by atoms with E-state index in [2.05, 4.69) is 33.9 Å². The van der Waals surface area contributed by atoms with Gasteiger partial charge in [0.1, 0.15) is 12.2 Å². The normalized spacial score (nSPS) is 22.2. The fraction of sp³-hybridized carbons (Fsp3) is 0.818. The van der Waals surface area contributed by atoms with E-state index in [1.54, 1.807) is 6.33 Å². The third-order valence-electron chi connectivity index (χ3n) is 2.96. The van der Waals surface area contributed by atoms with Crippen LogP contribution in [-0.2, 0) is 0 Å². The zero-order valence-corrected chi connectivity index (χ0v) is 11.3. The van der Waals surface area contributed by atoms with Crippen molar-refractivity contribution in [3.63, 3.8) is 0 Å². The van der Waals surface area contributed by atoms with E-state index >= 15 is 0 Å². The summed E-state index contributed by atoms with van der Waals surface area (Å²) < 4.78 is 0. The van der Waals surface area contributed by atoms with Crippen LogP contribution in [0.3, 0.4) is 0 Å². The van der Waals surface area contributed by atoms with Crippen LogP contribution in [-0.4, -0.2) is 45.3 Å². The second kappa shape index (κ2) is 5.80. The molecule has 1 atom stereocenters. The Kier molecular flexibility index (Phi) is 4.91. The molecule has 1 unspecified atom stereocenters. The number of likely N-dealkylation sites (tertiary alicyclic amines) is 1.